The average molecular weight is 255 g/mol. The number of nitrogens with one attached hydrogen (secondary N) is 1. The van der Waals surface area contributed by atoms with Crippen LogP contribution in [-0.2, 0) is 16.1 Å². The molecule has 8 nitrogen and oxygen atoms in total. The number of carboxylic acid groups (broad SMARTS) is 1. The second-order valence-electron chi connectivity index (χ2n) is 4.45. The molecule has 2 N–H and O–H groups in total. The molecule has 0 saturated heterocycles. The van der Waals surface area contributed by atoms with E-state index in [1.54, 1.807) is 6.92 Å². The van der Waals surface area contributed by atoms with Crippen molar-refractivity contribution in [1.29, 1.82) is 0 Å². The van der Waals surface area contributed by atoms with Crippen molar-refractivity contribution >= 4 is 11.9 Å². The summed E-state index contributed by atoms with van der Waals surface area (Å²) in [5.41, 5.74) is 0. The quantitative estimate of drug-likeness (QED) is 0.715. The first kappa shape index (κ1) is 14.1. The van der Waals surface area contributed by atoms with Crippen LogP contribution in [0.5, 0.6) is 0 Å². The fraction of sp³-hybridized carbons (Fsp3) is 0.700. The van der Waals surface area contributed by atoms with Gasteiger partial charge in [0, 0.05) is 0 Å². The van der Waals surface area contributed by atoms with Crippen molar-refractivity contribution in [3.63, 3.8) is 0 Å². The molecular formula is C10H17N5O3. The van der Waals surface area contributed by atoms with Gasteiger partial charge >= 0.3 is 5.97 Å². The zero-order valence-corrected chi connectivity index (χ0v) is 10.6. The Bertz CT molecular complexity index is 429. The largest absolute Gasteiger partial charge is 0.480 e. The maximum Gasteiger partial charge on any atom is 0.326 e. The molecule has 1 aromatic heterocycles. The van der Waals surface area contributed by atoms with Gasteiger partial charge in [0.05, 0.1) is 0 Å². The number of carbonyl (C=O) groups is 2. The van der Waals surface area contributed by atoms with E-state index in [2.05, 4.69) is 20.7 Å². The number of carbonyl (C=O) groups excluding carboxylic acids is 1. The standard InChI is InChI=1S/C10H17N5O3/c1-6(2)4-8(10(17)18)11-9(16)5-15-13-7(3)12-14-15/h6,8H,4-5H2,1-3H3,(H,11,16)(H,17,18)/t8-/m0/s1. The van der Waals surface area contributed by atoms with E-state index in [-0.39, 0.29) is 12.5 Å². The van der Waals surface area contributed by atoms with Gasteiger partial charge in [-0.25, -0.2) is 4.79 Å². The Labute approximate surface area is 104 Å². The summed E-state index contributed by atoms with van der Waals surface area (Å²) >= 11 is 0. The Kier molecular flexibility index (Phi) is 4.75. The minimum absolute atomic E-state index is 0.136. The summed E-state index contributed by atoms with van der Waals surface area (Å²) in [5.74, 6) is -0.849. The van der Waals surface area contributed by atoms with Gasteiger partial charge in [-0.3, -0.25) is 4.79 Å². The van der Waals surface area contributed by atoms with E-state index < -0.39 is 17.9 Å². The predicted molar refractivity (Wildman–Crippen MR) is 61.6 cm³/mol. The third-order valence-electron chi connectivity index (χ3n) is 2.18. The number of hydrogen-bond donors (Lipinski definition) is 2. The lowest BCUT2D eigenvalue weighted by Crippen LogP contribution is -2.43. The van der Waals surface area contributed by atoms with E-state index in [4.69, 9.17) is 5.11 Å². The molecule has 1 amide bonds. The number of nitrogens with zero attached hydrogens (tertiary/aromatic N) is 4. The molecule has 0 bridgehead atoms. The molecule has 1 aromatic rings. The molecule has 8 heteroatoms. The second kappa shape index (κ2) is 6.08. The number of hydrogen-bond acceptors (Lipinski definition) is 5. The van der Waals surface area contributed by atoms with Crippen molar-refractivity contribution in [3.8, 4) is 0 Å². The van der Waals surface area contributed by atoms with Crippen LogP contribution in [0.2, 0.25) is 0 Å². The van der Waals surface area contributed by atoms with Crippen LogP contribution in [0, 0.1) is 12.8 Å². The van der Waals surface area contributed by atoms with Crippen LogP contribution in [-0.4, -0.2) is 43.2 Å². The third kappa shape index (κ3) is 4.48. The first-order valence-electron chi connectivity index (χ1n) is 5.65. The summed E-state index contributed by atoms with van der Waals surface area (Å²) < 4.78 is 0. The van der Waals surface area contributed by atoms with Gasteiger partial charge in [-0.05, 0) is 24.5 Å². The fourth-order valence-electron chi connectivity index (χ4n) is 1.45. The van der Waals surface area contributed by atoms with E-state index >= 15 is 0 Å². The van der Waals surface area contributed by atoms with Gasteiger partial charge < -0.3 is 10.4 Å². The van der Waals surface area contributed by atoms with E-state index in [0.717, 1.165) is 4.80 Å². The van der Waals surface area contributed by atoms with Gasteiger partial charge in [0.2, 0.25) is 5.91 Å². The molecule has 0 radical (unpaired) electrons. The fourth-order valence-corrected chi connectivity index (χ4v) is 1.45. The van der Waals surface area contributed by atoms with Crippen molar-refractivity contribution in [2.24, 2.45) is 5.92 Å². The number of tetrazole rings is 1. The number of amides is 1. The van der Waals surface area contributed by atoms with Crippen LogP contribution >= 0.6 is 0 Å². The highest BCUT2D eigenvalue weighted by atomic mass is 16.4. The highest BCUT2D eigenvalue weighted by Crippen LogP contribution is 2.04. The van der Waals surface area contributed by atoms with Crippen LogP contribution in [0.15, 0.2) is 0 Å². The lowest BCUT2D eigenvalue weighted by Gasteiger charge is -2.15. The molecule has 0 spiro atoms. The normalized spacial score (nSPS) is 12.4. The van der Waals surface area contributed by atoms with E-state index in [9.17, 15) is 9.59 Å². The van der Waals surface area contributed by atoms with E-state index in [1.165, 1.54) is 0 Å². The van der Waals surface area contributed by atoms with E-state index in [1.807, 2.05) is 13.8 Å². The first-order valence-corrected chi connectivity index (χ1v) is 5.65. The number of aliphatic carboxylic acids is 1. The summed E-state index contributed by atoms with van der Waals surface area (Å²) in [4.78, 5) is 23.7. The highest BCUT2D eigenvalue weighted by Gasteiger charge is 2.21. The van der Waals surface area contributed by atoms with E-state index in [0.29, 0.717) is 12.2 Å². The summed E-state index contributed by atoms with van der Waals surface area (Å²) in [6, 6.07) is -0.887. The molecule has 0 saturated carbocycles. The van der Waals surface area contributed by atoms with Crippen molar-refractivity contribution < 1.29 is 14.7 Å². The number of rotatable bonds is 6. The molecule has 0 aliphatic heterocycles. The monoisotopic (exact) mass is 255 g/mol. The molecule has 18 heavy (non-hydrogen) atoms. The number of aryl methyl sites for hydroxylation is 1. The summed E-state index contributed by atoms with van der Waals surface area (Å²) in [6.07, 6.45) is 0.380. The van der Waals surface area contributed by atoms with Gasteiger partial charge in [-0.15, -0.1) is 10.2 Å². The predicted octanol–water partition coefficient (Wildman–Crippen LogP) is -0.403. The van der Waals surface area contributed by atoms with Crippen molar-refractivity contribution in [2.75, 3.05) is 0 Å². The Morgan fingerprint density at radius 3 is 2.56 bits per heavy atom. The maximum absolute atomic E-state index is 11.6. The van der Waals surface area contributed by atoms with Crippen LogP contribution in [0.3, 0.4) is 0 Å². The molecule has 0 aromatic carbocycles. The minimum Gasteiger partial charge on any atom is -0.480 e. The van der Waals surface area contributed by atoms with Crippen LogP contribution in [0.1, 0.15) is 26.1 Å². The zero-order valence-electron chi connectivity index (χ0n) is 10.6. The highest BCUT2D eigenvalue weighted by molar-refractivity contribution is 5.83. The first-order chi connectivity index (χ1) is 8.38. The van der Waals surface area contributed by atoms with Crippen molar-refractivity contribution in [1.82, 2.24) is 25.5 Å². The van der Waals surface area contributed by atoms with Crippen LogP contribution in [0.4, 0.5) is 0 Å². The topological polar surface area (TPSA) is 110 Å². The summed E-state index contributed by atoms with van der Waals surface area (Å²) in [5, 5.41) is 22.5. The molecule has 0 unspecified atom stereocenters. The van der Waals surface area contributed by atoms with Crippen LogP contribution < -0.4 is 5.32 Å². The van der Waals surface area contributed by atoms with Gasteiger partial charge in [0.25, 0.3) is 0 Å². The summed E-state index contributed by atoms with van der Waals surface area (Å²) in [6.45, 7) is 5.30. The molecule has 0 aliphatic rings. The lowest BCUT2D eigenvalue weighted by molar-refractivity contribution is -0.142. The van der Waals surface area contributed by atoms with Gasteiger partial charge in [0.1, 0.15) is 12.6 Å². The van der Waals surface area contributed by atoms with Gasteiger partial charge in [-0.1, -0.05) is 13.8 Å². The average Bonchev–Trinajstić information content (AvgIpc) is 2.62. The number of carboxylic acids is 1. The van der Waals surface area contributed by atoms with Crippen LogP contribution in [0.25, 0.3) is 0 Å². The second-order valence-corrected chi connectivity index (χ2v) is 4.45. The molecular weight excluding hydrogens is 238 g/mol. The molecule has 1 rings (SSSR count). The zero-order chi connectivity index (χ0) is 13.7. The molecule has 100 valence electrons. The Balaban J connectivity index is 2.53. The van der Waals surface area contributed by atoms with Gasteiger partial charge in [0.15, 0.2) is 5.82 Å². The summed E-state index contributed by atoms with van der Waals surface area (Å²) in [7, 11) is 0. The lowest BCUT2D eigenvalue weighted by atomic mass is 10.0. The molecule has 1 heterocycles. The SMILES string of the molecule is Cc1nnn(CC(=O)N[C@@H](CC(C)C)C(=O)O)n1. The molecule has 0 aliphatic carbocycles. The Hall–Kier alpha value is -1.99. The van der Waals surface area contributed by atoms with Crippen molar-refractivity contribution in [2.45, 2.75) is 39.8 Å². The smallest absolute Gasteiger partial charge is 0.326 e. The Morgan fingerprint density at radius 2 is 2.11 bits per heavy atom. The maximum atomic E-state index is 11.6. The minimum atomic E-state index is -1.04. The van der Waals surface area contributed by atoms with Gasteiger partial charge in [-0.2, -0.15) is 4.80 Å². The Morgan fingerprint density at radius 1 is 1.44 bits per heavy atom. The number of aromatic nitrogens is 4. The third-order valence-corrected chi connectivity index (χ3v) is 2.18. The molecule has 0 fully saturated rings. The van der Waals surface area contributed by atoms with Crippen molar-refractivity contribution in [3.05, 3.63) is 5.82 Å². The molecule has 1 atom stereocenters.